The summed E-state index contributed by atoms with van der Waals surface area (Å²) in [5.74, 6) is 0.184. The zero-order valence-electron chi connectivity index (χ0n) is 19.0. The summed E-state index contributed by atoms with van der Waals surface area (Å²) >= 11 is 0. The molecule has 2 saturated heterocycles. The van der Waals surface area contributed by atoms with E-state index in [9.17, 15) is 15.3 Å². The Morgan fingerprint density at radius 3 is 2.30 bits per heavy atom. The number of piperidine rings is 2. The first kappa shape index (κ1) is 21.7. The normalized spacial score (nSPS) is 18.6. The highest BCUT2D eigenvalue weighted by Crippen LogP contribution is 2.40. The van der Waals surface area contributed by atoms with Crippen molar-refractivity contribution in [3.8, 4) is 34.6 Å². The van der Waals surface area contributed by atoms with Crippen molar-refractivity contribution in [3.05, 3.63) is 47.5 Å². The van der Waals surface area contributed by atoms with Crippen LogP contribution in [0, 0.1) is 12.3 Å². The van der Waals surface area contributed by atoms with Gasteiger partial charge in [0.1, 0.15) is 11.5 Å². The summed E-state index contributed by atoms with van der Waals surface area (Å²) in [5, 5.41) is 41.9. The Morgan fingerprint density at radius 2 is 1.61 bits per heavy atom. The SMILES string of the molecule is Cc1cc(-c2nnc(O)n2-c2ccc(CN3CCC4(CCNCC4)CC3)cc2)c(O)cc1O. The Hall–Kier alpha value is -3.10. The highest BCUT2D eigenvalue weighted by molar-refractivity contribution is 5.69. The molecule has 3 heterocycles. The van der Waals surface area contributed by atoms with Crippen LogP contribution in [0.5, 0.6) is 17.5 Å². The van der Waals surface area contributed by atoms with Crippen molar-refractivity contribution in [1.82, 2.24) is 25.0 Å². The summed E-state index contributed by atoms with van der Waals surface area (Å²) in [6.45, 7) is 7.23. The van der Waals surface area contributed by atoms with Gasteiger partial charge in [-0.15, -0.1) is 5.10 Å². The first-order valence-corrected chi connectivity index (χ1v) is 11.6. The van der Waals surface area contributed by atoms with E-state index < -0.39 is 0 Å². The average molecular weight is 450 g/mol. The largest absolute Gasteiger partial charge is 0.508 e. The third-order valence-electron chi connectivity index (χ3n) is 7.38. The Balaban J connectivity index is 1.32. The lowest BCUT2D eigenvalue weighted by Crippen LogP contribution is -2.45. The molecule has 0 radical (unpaired) electrons. The Kier molecular flexibility index (Phi) is 5.72. The minimum atomic E-state index is -0.258. The van der Waals surface area contributed by atoms with E-state index in [2.05, 4.69) is 32.5 Å². The molecule has 8 heteroatoms. The summed E-state index contributed by atoms with van der Waals surface area (Å²) < 4.78 is 1.50. The smallest absolute Gasteiger partial charge is 0.319 e. The van der Waals surface area contributed by atoms with Gasteiger partial charge in [-0.2, -0.15) is 0 Å². The van der Waals surface area contributed by atoms with Gasteiger partial charge in [0.25, 0.3) is 0 Å². The highest BCUT2D eigenvalue weighted by atomic mass is 16.3. The Morgan fingerprint density at radius 1 is 0.909 bits per heavy atom. The molecule has 174 valence electrons. The van der Waals surface area contributed by atoms with Gasteiger partial charge in [0.05, 0.1) is 11.3 Å². The summed E-state index contributed by atoms with van der Waals surface area (Å²) in [5.41, 5.74) is 3.46. The maximum atomic E-state index is 10.4. The van der Waals surface area contributed by atoms with Crippen LogP contribution in [-0.4, -0.2) is 61.2 Å². The van der Waals surface area contributed by atoms with Crippen molar-refractivity contribution in [3.63, 3.8) is 0 Å². The molecule has 0 aliphatic carbocycles. The summed E-state index contributed by atoms with van der Waals surface area (Å²) in [6, 6.07) is 10.6. The molecule has 1 spiro atoms. The fourth-order valence-corrected chi connectivity index (χ4v) is 5.20. The molecule has 2 aliphatic heterocycles. The third-order valence-corrected chi connectivity index (χ3v) is 7.38. The van der Waals surface area contributed by atoms with Crippen molar-refractivity contribution in [1.29, 1.82) is 0 Å². The third kappa shape index (κ3) is 4.28. The Bertz CT molecular complexity index is 1130. The second-order valence-corrected chi connectivity index (χ2v) is 9.51. The molecule has 0 bridgehead atoms. The van der Waals surface area contributed by atoms with Crippen LogP contribution < -0.4 is 5.32 Å². The monoisotopic (exact) mass is 449 g/mol. The van der Waals surface area contributed by atoms with Gasteiger partial charge in [-0.1, -0.05) is 17.2 Å². The van der Waals surface area contributed by atoms with Crippen molar-refractivity contribution >= 4 is 0 Å². The molecule has 2 aliphatic rings. The van der Waals surface area contributed by atoms with E-state index in [0.717, 1.165) is 32.7 Å². The van der Waals surface area contributed by atoms with Crippen LogP contribution in [0.25, 0.3) is 17.1 Å². The van der Waals surface area contributed by atoms with E-state index in [1.54, 1.807) is 13.0 Å². The van der Waals surface area contributed by atoms with Crippen molar-refractivity contribution in [2.24, 2.45) is 5.41 Å². The van der Waals surface area contributed by atoms with Crippen LogP contribution in [0.15, 0.2) is 36.4 Å². The van der Waals surface area contributed by atoms with E-state index >= 15 is 0 Å². The van der Waals surface area contributed by atoms with Gasteiger partial charge >= 0.3 is 6.01 Å². The summed E-state index contributed by atoms with van der Waals surface area (Å²) in [4.78, 5) is 2.53. The summed E-state index contributed by atoms with van der Waals surface area (Å²) in [6.07, 6.45) is 5.16. The lowest BCUT2D eigenvalue weighted by molar-refractivity contribution is 0.0701. The van der Waals surface area contributed by atoms with E-state index in [1.807, 2.05) is 12.1 Å². The van der Waals surface area contributed by atoms with Gasteiger partial charge in [0.15, 0.2) is 5.82 Å². The molecule has 8 nitrogen and oxygen atoms in total. The fourth-order valence-electron chi connectivity index (χ4n) is 5.20. The molecule has 5 rings (SSSR count). The van der Waals surface area contributed by atoms with Gasteiger partial charge < -0.3 is 20.6 Å². The number of aromatic nitrogens is 3. The number of phenols is 2. The molecule has 0 atom stereocenters. The lowest BCUT2D eigenvalue weighted by atomic mass is 9.71. The number of phenolic OH excluding ortho intramolecular Hbond substituents is 2. The molecule has 0 amide bonds. The zero-order valence-corrected chi connectivity index (χ0v) is 19.0. The molecule has 0 unspecified atom stereocenters. The number of hydrogen-bond donors (Lipinski definition) is 4. The average Bonchev–Trinajstić information content (AvgIpc) is 3.20. The first-order chi connectivity index (χ1) is 15.9. The van der Waals surface area contributed by atoms with Gasteiger partial charge in [0.2, 0.25) is 0 Å². The second kappa shape index (κ2) is 8.68. The molecule has 33 heavy (non-hydrogen) atoms. The van der Waals surface area contributed by atoms with E-state index in [4.69, 9.17) is 0 Å². The number of nitrogens with zero attached hydrogens (tertiary/aromatic N) is 4. The molecule has 2 fully saturated rings. The van der Waals surface area contributed by atoms with Crippen LogP contribution in [0.2, 0.25) is 0 Å². The number of aromatic hydroxyl groups is 3. The minimum absolute atomic E-state index is 0.000299. The van der Waals surface area contributed by atoms with Crippen LogP contribution in [-0.2, 0) is 6.54 Å². The van der Waals surface area contributed by atoms with E-state index in [1.165, 1.54) is 41.9 Å². The predicted octanol–water partition coefficient (Wildman–Crippen LogP) is 3.33. The van der Waals surface area contributed by atoms with Crippen molar-refractivity contribution < 1.29 is 15.3 Å². The van der Waals surface area contributed by atoms with Gasteiger partial charge in [-0.05, 0) is 93.5 Å². The van der Waals surface area contributed by atoms with Crippen LogP contribution in [0.1, 0.15) is 36.8 Å². The van der Waals surface area contributed by atoms with Crippen molar-refractivity contribution in [2.75, 3.05) is 26.2 Å². The molecule has 0 saturated carbocycles. The maximum Gasteiger partial charge on any atom is 0.319 e. The number of rotatable bonds is 4. The fraction of sp³-hybridized carbons (Fsp3) is 0.440. The lowest BCUT2D eigenvalue weighted by Gasteiger charge is -2.44. The van der Waals surface area contributed by atoms with E-state index in [-0.39, 0.29) is 17.5 Å². The van der Waals surface area contributed by atoms with Gasteiger partial charge in [-0.25, -0.2) is 4.57 Å². The number of benzene rings is 2. The number of nitrogens with one attached hydrogen (secondary N) is 1. The van der Waals surface area contributed by atoms with Gasteiger partial charge in [-0.3, -0.25) is 4.90 Å². The zero-order chi connectivity index (χ0) is 23.0. The summed E-state index contributed by atoms with van der Waals surface area (Å²) in [7, 11) is 0. The second-order valence-electron chi connectivity index (χ2n) is 9.51. The molecule has 2 aromatic carbocycles. The van der Waals surface area contributed by atoms with Crippen molar-refractivity contribution in [2.45, 2.75) is 39.2 Å². The number of likely N-dealkylation sites (tertiary alicyclic amines) is 1. The quantitative estimate of drug-likeness (QED) is 0.484. The minimum Gasteiger partial charge on any atom is -0.508 e. The Labute approximate surface area is 193 Å². The topological polar surface area (TPSA) is 107 Å². The molecular weight excluding hydrogens is 418 g/mol. The number of hydrogen-bond acceptors (Lipinski definition) is 7. The standard InChI is InChI=1S/C25H31N5O3/c1-17-14-20(22(32)15-21(17)31)23-27-28-24(33)30(23)19-4-2-18(3-5-19)16-29-12-8-25(9-13-29)6-10-26-11-7-25/h2-5,14-15,26,31-32H,6-13,16H2,1H3,(H,28,33). The van der Waals surface area contributed by atoms with Gasteiger partial charge in [0, 0.05) is 12.6 Å². The molecular formula is C25H31N5O3. The van der Waals surface area contributed by atoms with Crippen LogP contribution in [0.4, 0.5) is 0 Å². The van der Waals surface area contributed by atoms with Crippen LogP contribution in [0.3, 0.4) is 0 Å². The highest BCUT2D eigenvalue weighted by Gasteiger charge is 2.35. The predicted molar refractivity (Wildman–Crippen MR) is 126 cm³/mol. The van der Waals surface area contributed by atoms with E-state index in [0.29, 0.717) is 28.1 Å². The van der Waals surface area contributed by atoms with Crippen LogP contribution >= 0.6 is 0 Å². The number of aryl methyl sites for hydroxylation is 1. The first-order valence-electron chi connectivity index (χ1n) is 11.6. The maximum absolute atomic E-state index is 10.4. The molecule has 1 aromatic heterocycles. The molecule has 3 aromatic rings. The molecule has 4 N–H and O–H groups in total.